The molecule has 2 N–H and O–H groups in total. The standard InChI is InChI=1S/C15H24N2/c1-17(14-5-3-2-4-6-14)15-9-7-13(8-10-15)11-12-16/h7-10,14H,2-6,11-12,16H2,1H3. The van der Waals surface area contributed by atoms with Crippen LogP contribution in [-0.2, 0) is 6.42 Å². The molecule has 1 aliphatic carbocycles. The highest BCUT2D eigenvalue weighted by atomic mass is 15.1. The van der Waals surface area contributed by atoms with Crippen molar-refractivity contribution in [1.29, 1.82) is 0 Å². The lowest BCUT2D eigenvalue weighted by molar-refractivity contribution is 0.427. The van der Waals surface area contributed by atoms with Gasteiger partial charge in [0.2, 0.25) is 0 Å². The van der Waals surface area contributed by atoms with Gasteiger partial charge < -0.3 is 10.6 Å². The minimum Gasteiger partial charge on any atom is -0.372 e. The minimum absolute atomic E-state index is 0.734. The van der Waals surface area contributed by atoms with Gasteiger partial charge in [-0.1, -0.05) is 31.4 Å². The molecule has 17 heavy (non-hydrogen) atoms. The number of nitrogens with two attached hydrogens (primary N) is 1. The summed E-state index contributed by atoms with van der Waals surface area (Å²) in [5.41, 5.74) is 8.25. The summed E-state index contributed by atoms with van der Waals surface area (Å²) in [7, 11) is 2.23. The summed E-state index contributed by atoms with van der Waals surface area (Å²) in [5, 5.41) is 0. The summed E-state index contributed by atoms with van der Waals surface area (Å²) < 4.78 is 0. The Labute approximate surface area is 105 Å². The highest BCUT2D eigenvalue weighted by molar-refractivity contribution is 5.48. The van der Waals surface area contributed by atoms with Crippen LogP contribution in [0.25, 0.3) is 0 Å². The monoisotopic (exact) mass is 232 g/mol. The fraction of sp³-hybridized carbons (Fsp3) is 0.600. The first-order chi connectivity index (χ1) is 8.31. The molecular weight excluding hydrogens is 208 g/mol. The molecule has 1 saturated carbocycles. The Morgan fingerprint density at radius 1 is 1.12 bits per heavy atom. The first kappa shape index (κ1) is 12.4. The average molecular weight is 232 g/mol. The molecule has 0 saturated heterocycles. The van der Waals surface area contributed by atoms with E-state index < -0.39 is 0 Å². The van der Waals surface area contributed by atoms with E-state index in [0.717, 1.165) is 19.0 Å². The quantitative estimate of drug-likeness (QED) is 0.865. The van der Waals surface area contributed by atoms with Crippen molar-refractivity contribution >= 4 is 5.69 Å². The van der Waals surface area contributed by atoms with Crippen LogP contribution >= 0.6 is 0 Å². The first-order valence-corrected chi connectivity index (χ1v) is 6.83. The van der Waals surface area contributed by atoms with Gasteiger partial charge in [-0.15, -0.1) is 0 Å². The maximum absolute atomic E-state index is 5.56. The lowest BCUT2D eigenvalue weighted by Gasteiger charge is -2.33. The number of anilines is 1. The number of hydrogen-bond donors (Lipinski definition) is 1. The van der Waals surface area contributed by atoms with Crippen LogP contribution in [0.4, 0.5) is 5.69 Å². The van der Waals surface area contributed by atoms with Crippen LogP contribution in [0.3, 0.4) is 0 Å². The first-order valence-electron chi connectivity index (χ1n) is 6.83. The van der Waals surface area contributed by atoms with E-state index in [-0.39, 0.29) is 0 Å². The van der Waals surface area contributed by atoms with Crippen molar-refractivity contribution in [2.45, 2.75) is 44.6 Å². The van der Waals surface area contributed by atoms with Crippen LogP contribution in [0.15, 0.2) is 24.3 Å². The number of rotatable bonds is 4. The van der Waals surface area contributed by atoms with Crippen LogP contribution < -0.4 is 10.6 Å². The zero-order chi connectivity index (χ0) is 12.1. The second kappa shape index (κ2) is 6.06. The molecule has 0 aliphatic heterocycles. The number of nitrogens with zero attached hydrogens (tertiary/aromatic N) is 1. The SMILES string of the molecule is CN(c1ccc(CCN)cc1)C1CCCCC1. The van der Waals surface area contributed by atoms with Crippen molar-refractivity contribution in [3.63, 3.8) is 0 Å². The van der Waals surface area contributed by atoms with Gasteiger partial charge in [0.25, 0.3) is 0 Å². The summed E-state index contributed by atoms with van der Waals surface area (Å²) in [6.45, 7) is 0.734. The molecule has 0 heterocycles. The maximum Gasteiger partial charge on any atom is 0.0366 e. The van der Waals surface area contributed by atoms with Gasteiger partial charge in [-0.2, -0.15) is 0 Å². The molecule has 0 bridgehead atoms. The fourth-order valence-electron chi connectivity index (χ4n) is 2.74. The topological polar surface area (TPSA) is 29.3 Å². The maximum atomic E-state index is 5.56. The highest BCUT2D eigenvalue weighted by Gasteiger charge is 2.17. The van der Waals surface area contributed by atoms with Crippen LogP contribution in [-0.4, -0.2) is 19.6 Å². The lowest BCUT2D eigenvalue weighted by Crippen LogP contribution is -2.33. The summed E-state index contributed by atoms with van der Waals surface area (Å²) in [5.74, 6) is 0. The third-order valence-electron chi connectivity index (χ3n) is 3.90. The van der Waals surface area contributed by atoms with E-state index in [1.807, 2.05) is 0 Å². The van der Waals surface area contributed by atoms with Crippen LogP contribution in [0.2, 0.25) is 0 Å². The number of hydrogen-bond acceptors (Lipinski definition) is 2. The molecular formula is C15H24N2. The Kier molecular flexibility index (Phi) is 4.43. The Hall–Kier alpha value is -1.02. The molecule has 0 unspecified atom stereocenters. The predicted molar refractivity (Wildman–Crippen MR) is 74.5 cm³/mol. The van der Waals surface area contributed by atoms with Gasteiger partial charge in [-0.05, 0) is 43.5 Å². The molecule has 2 rings (SSSR count). The van der Waals surface area contributed by atoms with E-state index in [1.54, 1.807) is 0 Å². The Morgan fingerprint density at radius 3 is 2.35 bits per heavy atom. The second-order valence-electron chi connectivity index (χ2n) is 5.11. The van der Waals surface area contributed by atoms with Gasteiger partial charge in [0.05, 0.1) is 0 Å². The van der Waals surface area contributed by atoms with Crippen molar-refractivity contribution in [1.82, 2.24) is 0 Å². The normalized spacial score (nSPS) is 17.1. The molecule has 0 aromatic heterocycles. The van der Waals surface area contributed by atoms with E-state index in [1.165, 1.54) is 43.4 Å². The van der Waals surface area contributed by atoms with Crippen molar-refractivity contribution in [3.8, 4) is 0 Å². The lowest BCUT2D eigenvalue weighted by atomic mass is 9.94. The molecule has 1 aliphatic rings. The van der Waals surface area contributed by atoms with E-state index in [9.17, 15) is 0 Å². The number of benzene rings is 1. The second-order valence-corrected chi connectivity index (χ2v) is 5.11. The van der Waals surface area contributed by atoms with E-state index in [0.29, 0.717) is 0 Å². The van der Waals surface area contributed by atoms with Gasteiger partial charge in [0.15, 0.2) is 0 Å². The predicted octanol–water partition coefficient (Wildman–Crippen LogP) is 2.96. The molecule has 0 atom stereocenters. The molecule has 1 aromatic carbocycles. The van der Waals surface area contributed by atoms with Crippen LogP contribution in [0, 0.1) is 0 Å². The van der Waals surface area contributed by atoms with E-state index in [2.05, 4.69) is 36.2 Å². The zero-order valence-electron chi connectivity index (χ0n) is 10.9. The Bertz CT molecular complexity index is 325. The van der Waals surface area contributed by atoms with Gasteiger partial charge in [0.1, 0.15) is 0 Å². The van der Waals surface area contributed by atoms with Gasteiger partial charge >= 0.3 is 0 Å². The molecule has 0 spiro atoms. The molecule has 0 radical (unpaired) electrons. The Balaban J connectivity index is 2.00. The summed E-state index contributed by atoms with van der Waals surface area (Å²) in [6, 6.07) is 9.63. The van der Waals surface area contributed by atoms with Crippen LogP contribution in [0.1, 0.15) is 37.7 Å². The van der Waals surface area contributed by atoms with E-state index in [4.69, 9.17) is 5.73 Å². The van der Waals surface area contributed by atoms with Gasteiger partial charge in [-0.3, -0.25) is 0 Å². The molecule has 2 nitrogen and oxygen atoms in total. The third-order valence-corrected chi connectivity index (χ3v) is 3.90. The minimum atomic E-state index is 0.734. The fourth-order valence-corrected chi connectivity index (χ4v) is 2.74. The summed E-state index contributed by atoms with van der Waals surface area (Å²) in [6.07, 6.45) is 7.87. The Morgan fingerprint density at radius 2 is 1.76 bits per heavy atom. The third kappa shape index (κ3) is 3.22. The summed E-state index contributed by atoms with van der Waals surface area (Å²) >= 11 is 0. The van der Waals surface area contributed by atoms with Gasteiger partial charge in [0, 0.05) is 18.8 Å². The van der Waals surface area contributed by atoms with Crippen LogP contribution in [0.5, 0.6) is 0 Å². The molecule has 0 amide bonds. The summed E-state index contributed by atoms with van der Waals surface area (Å²) in [4.78, 5) is 2.45. The molecule has 2 heteroatoms. The van der Waals surface area contributed by atoms with Crippen molar-refractivity contribution in [2.75, 3.05) is 18.5 Å². The molecule has 1 aromatic rings. The van der Waals surface area contributed by atoms with Crippen molar-refractivity contribution in [3.05, 3.63) is 29.8 Å². The highest BCUT2D eigenvalue weighted by Crippen LogP contribution is 2.26. The van der Waals surface area contributed by atoms with Gasteiger partial charge in [-0.25, -0.2) is 0 Å². The molecule has 1 fully saturated rings. The van der Waals surface area contributed by atoms with E-state index >= 15 is 0 Å². The average Bonchev–Trinajstić information content (AvgIpc) is 2.40. The van der Waals surface area contributed by atoms with Crippen molar-refractivity contribution < 1.29 is 0 Å². The largest absolute Gasteiger partial charge is 0.372 e. The zero-order valence-corrected chi connectivity index (χ0v) is 10.9. The smallest absolute Gasteiger partial charge is 0.0366 e. The van der Waals surface area contributed by atoms with Crippen molar-refractivity contribution in [2.24, 2.45) is 5.73 Å². The molecule has 94 valence electrons.